The Morgan fingerprint density at radius 3 is 1.61 bits per heavy atom. The summed E-state index contributed by atoms with van der Waals surface area (Å²) in [6.45, 7) is 8.93. The van der Waals surface area contributed by atoms with Gasteiger partial charge in [-0.1, -0.05) is 151 Å². The summed E-state index contributed by atoms with van der Waals surface area (Å²) in [5, 5.41) is -0.103. The van der Waals surface area contributed by atoms with Crippen LogP contribution in [0.4, 0.5) is 0 Å². The molecule has 0 aliphatic rings. The topological polar surface area (TPSA) is 17.8 Å². The van der Waals surface area contributed by atoms with Gasteiger partial charge in [-0.25, -0.2) is 4.98 Å². The lowest BCUT2D eigenvalue weighted by Crippen LogP contribution is -2.41. The molecule has 0 N–H and O–H groups in total. The van der Waals surface area contributed by atoms with E-state index in [4.69, 9.17) is 0 Å². The van der Waals surface area contributed by atoms with Crippen LogP contribution in [0.2, 0.25) is 12.9 Å². The van der Waals surface area contributed by atoms with Gasteiger partial charge in [0.1, 0.15) is 0 Å². The lowest BCUT2D eigenvalue weighted by atomic mass is 9.43. The van der Waals surface area contributed by atoms with E-state index in [0.29, 0.717) is 6.71 Å². The number of allylic oxidation sites excluding steroid dienone is 1. The van der Waals surface area contributed by atoms with E-state index in [0.717, 1.165) is 6.42 Å². The van der Waals surface area contributed by atoms with Crippen molar-refractivity contribution in [3.8, 4) is 0 Å². The van der Waals surface area contributed by atoms with Gasteiger partial charge in [0.05, 0.1) is 21.0 Å². The zero-order valence-electron chi connectivity index (χ0n) is 22.6. The summed E-state index contributed by atoms with van der Waals surface area (Å²) >= 11 is 0. The van der Waals surface area contributed by atoms with Gasteiger partial charge in [-0.3, -0.25) is 0 Å². The third-order valence-corrected chi connectivity index (χ3v) is 9.80. The SMILES string of the molecule is C=C(C)CC[SiH2]C(c1ccccc1)(c1ccccc1)n1ccnc1.CB(c1ccccc1)c1ccccc1. The second kappa shape index (κ2) is 13.6. The molecule has 5 rings (SSSR count). The Morgan fingerprint density at radius 2 is 1.21 bits per heavy atom. The number of aromatic nitrogens is 2. The molecule has 2 nitrogen and oxygen atoms in total. The van der Waals surface area contributed by atoms with Crippen molar-refractivity contribution in [1.82, 2.24) is 9.55 Å². The maximum Gasteiger partial charge on any atom is 0.206 e. The molecule has 0 saturated carbocycles. The van der Waals surface area contributed by atoms with E-state index in [9.17, 15) is 0 Å². The molecule has 1 aromatic heterocycles. The van der Waals surface area contributed by atoms with Crippen molar-refractivity contribution in [3.05, 3.63) is 163 Å². The van der Waals surface area contributed by atoms with Crippen LogP contribution in [-0.4, -0.2) is 25.8 Å². The minimum Gasteiger partial charge on any atom is -0.327 e. The van der Waals surface area contributed by atoms with Crippen LogP contribution in [0.15, 0.2) is 152 Å². The van der Waals surface area contributed by atoms with E-state index in [1.807, 2.05) is 12.5 Å². The van der Waals surface area contributed by atoms with Gasteiger partial charge in [-0.05, 0) is 24.5 Å². The molecule has 0 fully saturated rings. The number of hydrogen-bond acceptors (Lipinski definition) is 1. The maximum atomic E-state index is 4.35. The summed E-state index contributed by atoms with van der Waals surface area (Å²) in [5.74, 6) is 0. The van der Waals surface area contributed by atoms with Crippen LogP contribution in [0.5, 0.6) is 0 Å². The average molecular weight is 513 g/mol. The third kappa shape index (κ3) is 6.70. The molecule has 1 heterocycles. The van der Waals surface area contributed by atoms with E-state index < -0.39 is 9.52 Å². The van der Waals surface area contributed by atoms with Crippen molar-refractivity contribution in [2.75, 3.05) is 0 Å². The molecule has 0 bridgehead atoms. The molecule has 190 valence electrons. The van der Waals surface area contributed by atoms with Crippen molar-refractivity contribution in [2.45, 2.75) is 31.4 Å². The molecule has 0 radical (unpaired) electrons. The van der Waals surface area contributed by atoms with Gasteiger partial charge >= 0.3 is 0 Å². The van der Waals surface area contributed by atoms with Gasteiger partial charge in [-0.15, -0.1) is 6.58 Å². The van der Waals surface area contributed by atoms with Gasteiger partial charge in [0, 0.05) is 12.4 Å². The Kier molecular flexibility index (Phi) is 9.72. The summed E-state index contributed by atoms with van der Waals surface area (Å²) in [6, 6.07) is 44.1. The molecule has 0 atom stereocenters. The standard InChI is InChI=1S/C21H24N2Si.C13H13B/c1-18(2)13-16-24-21(23-15-14-22-17-23,19-9-5-3-6-10-19)20-11-7-4-8-12-20;1-14(12-8-4-2-5-9-12)13-10-6-3-7-11-13/h3-12,14-15,17H,1,13,16,24H2,2H3;2-11H,1H3. The maximum absolute atomic E-state index is 4.35. The Morgan fingerprint density at radius 1 is 0.763 bits per heavy atom. The molecular weight excluding hydrogens is 475 g/mol. The summed E-state index contributed by atoms with van der Waals surface area (Å²) in [7, 11) is -0.528. The van der Waals surface area contributed by atoms with Crippen LogP contribution < -0.4 is 10.9 Å². The van der Waals surface area contributed by atoms with Crippen LogP contribution >= 0.6 is 0 Å². The molecule has 0 aliphatic heterocycles. The highest BCUT2D eigenvalue weighted by atomic mass is 28.2. The summed E-state index contributed by atoms with van der Waals surface area (Å²) in [6.07, 6.45) is 7.05. The van der Waals surface area contributed by atoms with Crippen molar-refractivity contribution >= 4 is 27.2 Å². The largest absolute Gasteiger partial charge is 0.327 e. The van der Waals surface area contributed by atoms with E-state index in [2.05, 4.69) is 157 Å². The number of imidazole rings is 1. The number of hydrogen-bond donors (Lipinski definition) is 0. The van der Waals surface area contributed by atoms with Crippen molar-refractivity contribution in [1.29, 1.82) is 0 Å². The van der Waals surface area contributed by atoms with Crippen molar-refractivity contribution < 1.29 is 0 Å². The van der Waals surface area contributed by atoms with Crippen LogP contribution in [0.25, 0.3) is 0 Å². The van der Waals surface area contributed by atoms with Crippen LogP contribution in [-0.2, 0) is 5.16 Å². The summed E-state index contributed by atoms with van der Waals surface area (Å²) in [5.41, 5.74) is 6.71. The minimum absolute atomic E-state index is 0.103. The van der Waals surface area contributed by atoms with Gasteiger partial charge < -0.3 is 4.57 Å². The third-order valence-electron chi connectivity index (χ3n) is 7.19. The quantitative estimate of drug-likeness (QED) is 0.172. The van der Waals surface area contributed by atoms with Crippen LogP contribution in [0.3, 0.4) is 0 Å². The normalized spacial score (nSPS) is 11.1. The smallest absolute Gasteiger partial charge is 0.206 e. The Labute approximate surface area is 231 Å². The molecular formula is C34H37BN2Si. The monoisotopic (exact) mass is 512 g/mol. The van der Waals surface area contributed by atoms with E-state index in [1.54, 1.807) is 0 Å². The first-order chi connectivity index (χ1) is 18.6. The van der Waals surface area contributed by atoms with Gasteiger partial charge in [-0.2, -0.15) is 0 Å². The van der Waals surface area contributed by atoms with E-state index in [-0.39, 0.29) is 5.16 Å². The molecule has 0 spiro atoms. The molecule has 4 heteroatoms. The second-order valence-corrected chi connectivity index (χ2v) is 12.1. The van der Waals surface area contributed by atoms with E-state index in [1.165, 1.54) is 33.7 Å². The number of nitrogens with zero attached hydrogens (tertiary/aromatic N) is 2. The van der Waals surface area contributed by atoms with Gasteiger partial charge in [0.2, 0.25) is 6.71 Å². The predicted molar refractivity (Wildman–Crippen MR) is 168 cm³/mol. The number of rotatable bonds is 9. The minimum atomic E-state index is -0.528. The van der Waals surface area contributed by atoms with Gasteiger partial charge in [0.25, 0.3) is 0 Å². The molecule has 0 unspecified atom stereocenters. The highest BCUT2D eigenvalue weighted by Crippen LogP contribution is 2.34. The first-order valence-electron chi connectivity index (χ1n) is 13.4. The first-order valence-corrected chi connectivity index (χ1v) is 15.2. The lowest BCUT2D eigenvalue weighted by molar-refractivity contribution is 0.590. The fourth-order valence-electron chi connectivity index (χ4n) is 5.12. The fraction of sp³-hybridized carbons (Fsp3) is 0.147. The summed E-state index contributed by atoms with van der Waals surface area (Å²) in [4.78, 5) is 4.35. The summed E-state index contributed by atoms with van der Waals surface area (Å²) < 4.78 is 2.31. The molecule has 0 amide bonds. The van der Waals surface area contributed by atoms with Crippen molar-refractivity contribution in [3.63, 3.8) is 0 Å². The average Bonchev–Trinajstić information content (AvgIpc) is 3.53. The first kappa shape index (κ1) is 27.2. The molecule has 0 saturated heterocycles. The molecule has 38 heavy (non-hydrogen) atoms. The molecule has 4 aromatic carbocycles. The van der Waals surface area contributed by atoms with E-state index >= 15 is 0 Å². The Hall–Kier alpha value is -3.89. The van der Waals surface area contributed by atoms with Crippen LogP contribution in [0.1, 0.15) is 24.5 Å². The highest BCUT2D eigenvalue weighted by molar-refractivity contribution is 6.84. The molecule has 0 aliphatic carbocycles. The zero-order valence-corrected chi connectivity index (χ0v) is 24.0. The predicted octanol–water partition coefficient (Wildman–Crippen LogP) is 6.11. The zero-order chi connectivity index (χ0) is 26.6. The lowest BCUT2D eigenvalue weighted by Gasteiger charge is -2.37. The Balaban J connectivity index is 0.000000204. The van der Waals surface area contributed by atoms with Gasteiger partial charge in [0.15, 0.2) is 0 Å². The highest BCUT2D eigenvalue weighted by Gasteiger charge is 2.35. The number of benzene rings is 4. The van der Waals surface area contributed by atoms with Crippen LogP contribution in [0, 0.1) is 0 Å². The Bertz CT molecular complexity index is 1280. The molecule has 5 aromatic rings. The fourth-order valence-corrected chi connectivity index (χ4v) is 7.90. The second-order valence-electron chi connectivity index (χ2n) is 9.92. The van der Waals surface area contributed by atoms with Crippen molar-refractivity contribution in [2.24, 2.45) is 0 Å².